The number of azide groups is 1. The van der Waals surface area contributed by atoms with Crippen molar-refractivity contribution in [1.82, 2.24) is 0 Å². The molecule has 1 heterocycles. The van der Waals surface area contributed by atoms with Crippen LogP contribution in [0.5, 0.6) is 0 Å². The van der Waals surface area contributed by atoms with Crippen molar-refractivity contribution in [1.29, 1.82) is 0 Å². The summed E-state index contributed by atoms with van der Waals surface area (Å²) in [5, 5.41) is 3.73. The van der Waals surface area contributed by atoms with Crippen LogP contribution in [0, 0.1) is 5.92 Å². The molecule has 4 atom stereocenters. The summed E-state index contributed by atoms with van der Waals surface area (Å²) in [5.41, 5.74) is 8.47. The predicted molar refractivity (Wildman–Crippen MR) is 57.4 cm³/mol. The van der Waals surface area contributed by atoms with Crippen LogP contribution in [0.1, 0.15) is 33.6 Å². The first kappa shape index (κ1) is 12.8. The zero-order valence-electron chi connectivity index (χ0n) is 9.79. The number of esters is 1. The van der Waals surface area contributed by atoms with E-state index in [1.807, 2.05) is 13.8 Å². The van der Waals surface area contributed by atoms with Gasteiger partial charge in [-0.3, -0.25) is 4.79 Å². The lowest BCUT2D eigenvalue weighted by Gasteiger charge is -2.37. The lowest BCUT2D eigenvalue weighted by molar-refractivity contribution is -0.213. The number of ether oxygens (including phenoxy) is 2. The normalized spacial score (nSPS) is 33.9. The Morgan fingerprint density at radius 3 is 2.88 bits per heavy atom. The third kappa shape index (κ3) is 3.12. The van der Waals surface area contributed by atoms with Crippen LogP contribution in [0.4, 0.5) is 0 Å². The molecular formula is C10H17N3O3. The first-order valence-electron chi connectivity index (χ1n) is 5.45. The Labute approximate surface area is 94.5 Å². The van der Waals surface area contributed by atoms with Crippen molar-refractivity contribution in [2.45, 2.75) is 52.0 Å². The summed E-state index contributed by atoms with van der Waals surface area (Å²) in [6.07, 6.45) is 0.611. The van der Waals surface area contributed by atoms with Gasteiger partial charge in [-0.15, -0.1) is 0 Å². The van der Waals surface area contributed by atoms with E-state index in [1.165, 1.54) is 6.92 Å². The Hall–Kier alpha value is -1.26. The van der Waals surface area contributed by atoms with Gasteiger partial charge in [0.1, 0.15) is 0 Å². The van der Waals surface area contributed by atoms with Gasteiger partial charge in [0.05, 0.1) is 6.10 Å². The van der Waals surface area contributed by atoms with E-state index in [0.29, 0.717) is 6.42 Å². The van der Waals surface area contributed by atoms with E-state index < -0.39 is 6.29 Å². The zero-order chi connectivity index (χ0) is 12.1. The highest BCUT2D eigenvalue weighted by atomic mass is 16.7. The minimum atomic E-state index is -0.589. The predicted octanol–water partition coefficient (Wildman–Crippen LogP) is 2.39. The molecule has 0 amide bonds. The summed E-state index contributed by atoms with van der Waals surface area (Å²) < 4.78 is 10.6. The molecule has 6 nitrogen and oxygen atoms in total. The van der Waals surface area contributed by atoms with Crippen molar-refractivity contribution in [3.8, 4) is 0 Å². The molecule has 6 heteroatoms. The maximum Gasteiger partial charge on any atom is 0.304 e. The molecule has 1 saturated heterocycles. The molecule has 0 spiro atoms. The maximum atomic E-state index is 10.8. The lowest BCUT2D eigenvalue weighted by Crippen LogP contribution is -2.43. The van der Waals surface area contributed by atoms with Crippen LogP contribution in [-0.2, 0) is 14.3 Å². The number of carbonyl (C=O) groups is 1. The number of hydrogen-bond donors (Lipinski definition) is 0. The molecule has 1 aliphatic rings. The van der Waals surface area contributed by atoms with E-state index in [-0.39, 0.29) is 24.0 Å². The summed E-state index contributed by atoms with van der Waals surface area (Å²) >= 11 is 0. The summed E-state index contributed by atoms with van der Waals surface area (Å²) in [6.45, 7) is 5.31. The Bertz CT molecular complexity index is 302. The second-order valence-corrected chi connectivity index (χ2v) is 3.99. The molecule has 1 fully saturated rings. The molecule has 0 aromatic carbocycles. The second-order valence-electron chi connectivity index (χ2n) is 3.99. The van der Waals surface area contributed by atoms with Gasteiger partial charge in [-0.25, -0.2) is 0 Å². The molecule has 1 rings (SSSR count). The van der Waals surface area contributed by atoms with Crippen LogP contribution < -0.4 is 0 Å². The van der Waals surface area contributed by atoms with E-state index in [1.54, 1.807) is 0 Å². The highest BCUT2D eigenvalue weighted by molar-refractivity contribution is 5.66. The van der Waals surface area contributed by atoms with Gasteiger partial charge in [0.25, 0.3) is 0 Å². The SMILES string of the molecule is CC[C@H]1OC(OC(C)=O)CC(N=[N+]=[N-])[C@@H]1C. The van der Waals surface area contributed by atoms with Crippen LogP contribution in [0.25, 0.3) is 10.4 Å². The molecule has 90 valence electrons. The van der Waals surface area contributed by atoms with Crippen LogP contribution in [0.2, 0.25) is 0 Å². The molecule has 0 aromatic rings. The van der Waals surface area contributed by atoms with Gasteiger partial charge in [-0.1, -0.05) is 19.0 Å². The van der Waals surface area contributed by atoms with Gasteiger partial charge in [0, 0.05) is 24.3 Å². The Morgan fingerprint density at radius 1 is 1.69 bits per heavy atom. The fourth-order valence-corrected chi connectivity index (χ4v) is 1.98. The van der Waals surface area contributed by atoms with Gasteiger partial charge >= 0.3 is 5.97 Å². The van der Waals surface area contributed by atoms with E-state index in [9.17, 15) is 4.79 Å². The second kappa shape index (κ2) is 5.72. The highest BCUT2D eigenvalue weighted by Gasteiger charge is 2.35. The molecule has 2 unspecified atom stereocenters. The van der Waals surface area contributed by atoms with Gasteiger partial charge < -0.3 is 9.47 Å². The highest BCUT2D eigenvalue weighted by Crippen LogP contribution is 2.30. The van der Waals surface area contributed by atoms with Crippen LogP contribution in [0.3, 0.4) is 0 Å². The van der Waals surface area contributed by atoms with E-state index >= 15 is 0 Å². The van der Waals surface area contributed by atoms with Crippen LogP contribution >= 0.6 is 0 Å². The molecule has 0 aromatic heterocycles. The zero-order valence-corrected chi connectivity index (χ0v) is 9.79. The summed E-state index contributed by atoms with van der Waals surface area (Å²) in [7, 11) is 0. The van der Waals surface area contributed by atoms with Crippen molar-refractivity contribution in [3.63, 3.8) is 0 Å². The Morgan fingerprint density at radius 2 is 2.38 bits per heavy atom. The molecule has 16 heavy (non-hydrogen) atoms. The van der Waals surface area contributed by atoms with Gasteiger partial charge in [-0.05, 0) is 17.9 Å². The topological polar surface area (TPSA) is 84.3 Å². The molecule has 0 N–H and O–H groups in total. The Kier molecular flexibility index (Phi) is 4.58. The van der Waals surface area contributed by atoms with Gasteiger partial charge in [0.2, 0.25) is 6.29 Å². The van der Waals surface area contributed by atoms with E-state index in [0.717, 1.165) is 6.42 Å². The van der Waals surface area contributed by atoms with Crippen molar-refractivity contribution in [2.75, 3.05) is 0 Å². The summed E-state index contributed by atoms with van der Waals surface area (Å²) in [5.74, 6) is -0.234. The fraction of sp³-hybridized carbons (Fsp3) is 0.900. The van der Waals surface area contributed by atoms with E-state index in [4.69, 9.17) is 15.0 Å². The molecule has 0 radical (unpaired) electrons. The van der Waals surface area contributed by atoms with Crippen molar-refractivity contribution in [2.24, 2.45) is 11.0 Å². The minimum Gasteiger partial charge on any atom is -0.436 e. The number of nitrogens with zero attached hydrogens (tertiary/aromatic N) is 3. The number of carbonyl (C=O) groups excluding carboxylic acids is 1. The summed E-state index contributed by atoms with van der Waals surface area (Å²) in [6, 6.07) is -0.173. The fourth-order valence-electron chi connectivity index (χ4n) is 1.98. The van der Waals surface area contributed by atoms with Crippen LogP contribution in [0.15, 0.2) is 5.11 Å². The van der Waals surface area contributed by atoms with Gasteiger partial charge in [-0.2, -0.15) is 0 Å². The Balaban J connectivity index is 2.71. The van der Waals surface area contributed by atoms with Crippen molar-refractivity contribution in [3.05, 3.63) is 10.4 Å². The van der Waals surface area contributed by atoms with Crippen LogP contribution in [-0.4, -0.2) is 24.4 Å². The summed E-state index contributed by atoms with van der Waals surface area (Å²) in [4.78, 5) is 13.7. The third-order valence-electron chi connectivity index (χ3n) is 2.85. The lowest BCUT2D eigenvalue weighted by atomic mass is 9.89. The molecule has 1 aliphatic heterocycles. The van der Waals surface area contributed by atoms with Crippen molar-refractivity contribution >= 4 is 5.97 Å². The van der Waals surface area contributed by atoms with Gasteiger partial charge in [0.15, 0.2) is 0 Å². The molecular weight excluding hydrogens is 210 g/mol. The quantitative estimate of drug-likeness (QED) is 0.321. The molecule has 0 saturated carbocycles. The number of hydrogen-bond acceptors (Lipinski definition) is 4. The average molecular weight is 227 g/mol. The monoisotopic (exact) mass is 227 g/mol. The number of rotatable bonds is 3. The standard InChI is InChI=1S/C10H17N3O3/c1-4-9-6(2)8(12-13-11)5-10(16-9)15-7(3)14/h6,8-10H,4-5H2,1-3H3/t6-,8?,9+,10?/m0/s1. The largest absolute Gasteiger partial charge is 0.436 e. The smallest absolute Gasteiger partial charge is 0.304 e. The minimum absolute atomic E-state index is 0.0337. The maximum absolute atomic E-state index is 10.8. The molecule has 0 aliphatic carbocycles. The third-order valence-corrected chi connectivity index (χ3v) is 2.85. The molecule has 0 bridgehead atoms. The average Bonchev–Trinajstić information content (AvgIpc) is 2.22. The first-order chi connectivity index (χ1) is 7.58. The van der Waals surface area contributed by atoms with E-state index in [2.05, 4.69) is 10.0 Å². The van der Waals surface area contributed by atoms with Crippen molar-refractivity contribution < 1.29 is 14.3 Å². The first-order valence-corrected chi connectivity index (χ1v) is 5.45.